The Balaban J connectivity index is 3.00. The molecule has 1 amide bonds. The number of primary amides is 1. The summed E-state index contributed by atoms with van der Waals surface area (Å²) in [5.74, 6) is -2.39. The molecule has 7 nitrogen and oxygen atoms in total. The van der Waals surface area contributed by atoms with E-state index in [1.165, 1.54) is 18.2 Å². The Morgan fingerprint density at radius 3 is 2.44 bits per heavy atom. The van der Waals surface area contributed by atoms with Gasteiger partial charge in [-0.15, -0.1) is 0 Å². The zero-order chi connectivity index (χ0) is 12.3. The summed E-state index contributed by atoms with van der Waals surface area (Å²) >= 11 is 0. The van der Waals surface area contributed by atoms with Crippen molar-refractivity contribution in [3.63, 3.8) is 0 Å². The van der Waals surface area contributed by atoms with Crippen LogP contribution in [-0.4, -0.2) is 38.3 Å². The molecule has 1 aromatic heterocycles. The maximum absolute atomic E-state index is 10.8. The summed E-state index contributed by atoms with van der Waals surface area (Å²) < 4.78 is 0. The molecular weight excluding hydrogens is 216 g/mol. The zero-order valence-corrected chi connectivity index (χ0v) is 8.07. The highest BCUT2D eigenvalue weighted by atomic mass is 16.4. The van der Waals surface area contributed by atoms with E-state index in [0.29, 0.717) is 0 Å². The minimum absolute atomic E-state index is 0.117. The minimum Gasteiger partial charge on any atom is -0.479 e. The first-order valence-electron chi connectivity index (χ1n) is 4.29. The summed E-state index contributed by atoms with van der Waals surface area (Å²) in [6.07, 6.45) is -3.72. The number of carboxylic acids is 1. The van der Waals surface area contributed by atoms with Gasteiger partial charge in [-0.3, -0.25) is 4.79 Å². The molecule has 2 atom stereocenters. The van der Waals surface area contributed by atoms with Crippen LogP contribution in [-0.2, 0) is 4.79 Å². The lowest BCUT2D eigenvalue weighted by atomic mass is 10.1. The van der Waals surface area contributed by atoms with Crippen molar-refractivity contribution in [2.45, 2.75) is 12.2 Å². The summed E-state index contributed by atoms with van der Waals surface area (Å²) in [6.45, 7) is 0. The van der Waals surface area contributed by atoms with Gasteiger partial charge < -0.3 is 21.1 Å². The lowest BCUT2D eigenvalue weighted by molar-refractivity contribution is -0.153. The van der Waals surface area contributed by atoms with Crippen LogP contribution < -0.4 is 5.73 Å². The number of rotatable bonds is 4. The second-order valence-electron chi connectivity index (χ2n) is 3.04. The highest BCUT2D eigenvalue weighted by molar-refractivity contribution is 5.90. The van der Waals surface area contributed by atoms with Crippen molar-refractivity contribution in [1.29, 1.82) is 0 Å². The highest BCUT2D eigenvalue weighted by Gasteiger charge is 2.26. The number of aliphatic hydroxyl groups excluding tert-OH is 2. The highest BCUT2D eigenvalue weighted by Crippen LogP contribution is 2.15. The van der Waals surface area contributed by atoms with Gasteiger partial charge in [0.2, 0.25) is 0 Å². The molecule has 0 fully saturated rings. The second kappa shape index (κ2) is 4.69. The van der Waals surface area contributed by atoms with Gasteiger partial charge >= 0.3 is 5.97 Å². The Bertz CT molecular complexity index is 420. The van der Waals surface area contributed by atoms with Crippen molar-refractivity contribution in [3.8, 4) is 0 Å². The van der Waals surface area contributed by atoms with E-state index >= 15 is 0 Å². The van der Waals surface area contributed by atoms with Crippen LogP contribution in [0.5, 0.6) is 0 Å². The number of carboxylic acid groups (broad SMARTS) is 1. The molecule has 5 N–H and O–H groups in total. The van der Waals surface area contributed by atoms with Crippen LogP contribution >= 0.6 is 0 Å². The number of pyridine rings is 1. The number of hydrogen-bond donors (Lipinski definition) is 4. The van der Waals surface area contributed by atoms with Crippen LogP contribution in [0.2, 0.25) is 0 Å². The fourth-order valence-corrected chi connectivity index (χ4v) is 1.05. The van der Waals surface area contributed by atoms with E-state index in [2.05, 4.69) is 4.98 Å². The average Bonchev–Trinajstić information content (AvgIpc) is 2.27. The molecule has 86 valence electrons. The first-order chi connectivity index (χ1) is 7.43. The molecule has 1 aromatic rings. The largest absolute Gasteiger partial charge is 0.479 e. The average molecular weight is 226 g/mol. The smallest absolute Gasteiger partial charge is 0.335 e. The number of nitrogens with two attached hydrogens (primary N) is 1. The summed E-state index contributed by atoms with van der Waals surface area (Å²) in [6, 6.07) is 3.97. The summed E-state index contributed by atoms with van der Waals surface area (Å²) in [7, 11) is 0. The van der Waals surface area contributed by atoms with E-state index in [0.717, 1.165) is 0 Å². The van der Waals surface area contributed by atoms with E-state index in [-0.39, 0.29) is 11.4 Å². The van der Waals surface area contributed by atoms with E-state index in [1.807, 2.05) is 0 Å². The molecule has 0 aromatic carbocycles. The van der Waals surface area contributed by atoms with Crippen molar-refractivity contribution in [1.82, 2.24) is 4.98 Å². The number of carbonyl (C=O) groups is 2. The first kappa shape index (κ1) is 12.1. The van der Waals surface area contributed by atoms with E-state index in [9.17, 15) is 14.7 Å². The Labute approximate surface area is 90.2 Å². The van der Waals surface area contributed by atoms with Crippen LogP contribution in [0, 0.1) is 0 Å². The zero-order valence-electron chi connectivity index (χ0n) is 8.07. The predicted molar refractivity (Wildman–Crippen MR) is 51.4 cm³/mol. The molecule has 0 saturated heterocycles. The summed E-state index contributed by atoms with van der Waals surface area (Å²) in [5, 5.41) is 27.0. The normalized spacial score (nSPS) is 14.1. The van der Waals surface area contributed by atoms with Crippen molar-refractivity contribution in [2.75, 3.05) is 0 Å². The molecule has 0 radical (unpaired) electrons. The lowest BCUT2D eigenvalue weighted by Gasteiger charge is -2.13. The topological polar surface area (TPSA) is 134 Å². The first-order valence-corrected chi connectivity index (χ1v) is 4.29. The number of aliphatic carboxylic acids is 1. The van der Waals surface area contributed by atoms with Gasteiger partial charge in [0, 0.05) is 0 Å². The third kappa shape index (κ3) is 2.53. The number of aromatic nitrogens is 1. The van der Waals surface area contributed by atoms with Crippen molar-refractivity contribution in [2.24, 2.45) is 5.73 Å². The molecule has 0 aliphatic rings. The van der Waals surface area contributed by atoms with Crippen LogP contribution in [0.1, 0.15) is 22.3 Å². The molecule has 0 aliphatic heterocycles. The third-order valence-corrected chi connectivity index (χ3v) is 1.88. The Morgan fingerprint density at radius 1 is 1.31 bits per heavy atom. The second-order valence-corrected chi connectivity index (χ2v) is 3.04. The van der Waals surface area contributed by atoms with Gasteiger partial charge in [0.1, 0.15) is 11.8 Å². The van der Waals surface area contributed by atoms with E-state index < -0.39 is 24.1 Å². The van der Waals surface area contributed by atoms with E-state index in [4.69, 9.17) is 15.9 Å². The number of aliphatic hydroxyl groups is 2. The Morgan fingerprint density at radius 2 is 1.94 bits per heavy atom. The summed E-state index contributed by atoms with van der Waals surface area (Å²) in [5.41, 5.74) is 4.71. The Hall–Kier alpha value is -1.99. The maximum atomic E-state index is 10.8. The van der Waals surface area contributed by atoms with Crippen LogP contribution in [0.3, 0.4) is 0 Å². The lowest BCUT2D eigenvalue weighted by Crippen LogP contribution is -2.28. The molecule has 2 unspecified atom stereocenters. The van der Waals surface area contributed by atoms with Crippen molar-refractivity contribution in [3.05, 3.63) is 29.6 Å². The minimum atomic E-state index is -2.00. The van der Waals surface area contributed by atoms with Crippen LogP contribution in [0.4, 0.5) is 0 Å². The molecule has 0 spiro atoms. The van der Waals surface area contributed by atoms with Crippen LogP contribution in [0.25, 0.3) is 0 Å². The molecule has 1 heterocycles. The SMILES string of the molecule is NC(=O)c1cccc(C(O)C(O)C(=O)O)n1. The fraction of sp³-hybridized carbons (Fsp3) is 0.222. The number of amides is 1. The number of hydrogen-bond acceptors (Lipinski definition) is 5. The van der Waals surface area contributed by atoms with Crippen molar-refractivity contribution < 1.29 is 24.9 Å². The van der Waals surface area contributed by atoms with Gasteiger partial charge in [-0.1, -0.05) is 6.07 Å². The third-order valence-electron chi connectivity index (χ3n) is 1.88. The molecule has 0 saturated carbocycles. The quantitative estimate of drug-likeness (QED) is 0.502. The van der Waals surface area contributed by atoms with Gasteiger partial charge in [-0.05, 0) is 12.1 Å². The maximum Gasteiger partial charge on any atom is 0.335 e. The monoisotopic (exact) mass is 226 g/mol. The molecular formula is C9H10N2O5. The fourth-order valence-electron chi connectivity index (χ4n) is 1.05. The molecule has 16 heavy (non-hydrogen) atoms. The summed E-state index contributed by atoms with van der Waals surface area (Å²) in [4.78, 5) is 24.8. The van der Waals surface area contributed by atoms with Crippen molar-refractivity contribution >= 4 is 11.9 Å². The van der Waals surface area contributed by atoms with Gasteiger partial charge in [0.05, 0.1) is 5.69 Å². The van der Waals surface area contributed by atoms with E-state index in [1.54, 1.807) is 0 Å². The molecule has 7 heteroatoms. The van der Waals surface area contributed by atoms with Gasteiger partial charge in [-0.25, -0.2) is 9.78 Å². The van der Waals surface area contributed by atoms with Gasteiger partial charge in [0.25, 0.3) is 5.91 Å². The standard InChI is InChI=1S/C9H10N2O5/c10-8(14)5-3-1-2-4(11-5)6(12)7(13)9(15)16/h1-3,6-7,12-13H,(H2,10,14)(H,15,16). The number of carbonyl (C=O) groups excluding carboxylic acids is 1. The molecule has 1 rings (SSSR count). The molecule has 0 bridgehead atoms. The number of nitrogens with zero attached hydrogens (tertiary/aromatic N) is 1. The predicted octanol–water partition coefficient (Wildman–Crippen LogP) is -1.34. The molecule has 0 aliphatic carbocycles. The van der Waals surface area contributed by atoms with Gasteiger partial charge in [-0.2, -0.15) is 0 Å². The van der Waals surface area contributed by atoms with Crippen LogP contribution in [0.15, 0.2) is 18.2 Å². The van der Waals surface area contributed by atoms with Gasteiger partial charge in [0.15, 0.2) is 6.10 Å². The Kier molecular flexibility index (Phi) is 3.54.